The first-order chi connectivity index (χ1) is 6.74. The van der Waals surface area contributed by atoms with Gasteiger partial charge in [-0.1, -0.05) is 6.07 Å². The molecule has 4 heteroatoms. The Hall–Kier alpha value is -0.0600. The topological polar surface area (TPSA) is 9.23 Å². The molecule has 0 saturated carbocycles. The molecule has 0 spiro atoms. The summed E-state index contributed by atoms with van der Waals surface area (Å²) < 4.78 is 18.3. The number of hydrogen-bond acceptors (Lipinski definition) is 2. The van der Waals surface area contributed by atoms with Crippen LogP contribution in [-0.2, 0) is 10.5 Å². The molecule has 1 nitrogen and oxygen atoms in total. The molecule has 0 unspecified atom stereocenters. The fourth-order valence-electron chi connectivity index (χ4n) is 0.962. The lowest BCUT2D eigenvalue weighted by Gasteiger charge is -2.02. The van der Waals surface area contributed by atoms with Crippen LogP contribution in [0.4, 0.5) is 4.39 Å². The molecule has 1 rings (SSSR count). The maximum absolute atomic E-state index is 12.9. The predicted octanol–water partition coefficient (Wildman–Crippen LogP) is 3.47. The molecule has 0 fully saturated rings. The van der Waals surface area contributed by atoms with E-state index in [4.69, 9.17) is 4.74 Å². The second kappa shape index (κ2) is 6.43. The molecule has 0 saturated heterocycles. The highest BCUT2D eigenvalue weighted by molar-refractivity contribution is 9.10. The fourth-order valence-corrected chi connectivity index (χ4v) is 2.23. The van der Waals surface area contributed by atoms with E-state index in [1.54, 1.807) is 24.9 Å². The van der Waals surface area contributed by atoms with Crippen LogP contribution in [0.25, 0.3) is 0 Å². The van der Waals surface area contributed by atoms with Gasteiger partial charge in [-0.25, -0.2) is 4.39 Å². The molecule has 0 aliphatic carbocycles. The van der Waals surface area contributed by atoms with Gasteiger partial charge in [0.25, 0.3) is 0 Å². The zero-order valence-electron chi connectivity index (χ0n) is 7.93. The van der Waals surface area contributed by atoms with E-state index in [0.717, 1.165) is 23.7 Å². The van der Waals surface area contributed by atoms with Crippen molar-refractivity contribution in [2.24, 2.45) is 0 Å². The normalized spacial score (nSPS) is 10.5. The van der Waals surface area contributed by atoms with Crippen molar-refractivity contribution in [1.82, 2.24) is 0 Å². The summed E-state index contributed by atoms with van der Waals surface area (Å²) >= 11 is 4.94. The van der Waals surface area contributed by atoms with E-state index in [0.29, 0.717) is 4.47 Å². The summed E-state index contributed by atoms with van der Waals surface area (Å²) in [5.74, 6) is 1.64. The number of halogens is 2. The second-order valence-electron chi connectivity index (χ2n) is 2.79. The van der Waals surface area contributed by atoms with Crippen molar-refractivity contribution in [1.29, 1.82) is 0 Å². The van der Waals surface area contributed by atoms with Crippen molar-refractivity contribution in [3.05, 3.63) is 34.1 Å². The summed E-state index contributed by atoms with van der Waals surface area (Å²) in [6, 6.07) is 5.10. The fraction of sp³-hybridized carbons (Fsp3) is 0.400. The maximum atomic E-state index is 12.9. The van der Waals surface area contributed by atoms with E-state index in [1.165, 1.54) is 6.07 Å². The summed E-state index contributed by atoms with van der Waals surface area (Å²) in [5.41, 5.74) is 1.12. The first kappa shape index (κ1) is 12.0. The van der Waals surface area contributed by atoms with Gasteiger partial charge in [0.1, 0.15) is 5.82 Å². The Balaban J connectivity index is 2.39. The van der Waals surface area contributed by atoms with Crippen LogP contribution in [0.2, 0.25) is 0 Å². The number of hydrogen-bond donors (Lipinski definition) is 0. The number of thioether (sulfide) groups is 1. The Morgan fingerprint density at radius 3 is 2.93 bits per heavy atom. The van der Waals surface area contributed by atoms with Crippen molar-refractivity contribution in [3.63, 3.8) is 0 Å². The van der Waals surface area contributed by atoms with Gasteiger partial charge < -0.3 is 4.74 Å². The van der Waals surface area contributed by atoms with E-state index in [9.17, 15) is 4.39 Å². The van der Waals surface area contributed by atoms with Crippen molar-refractivity contribution < 1.29 is 9.13 Å². The van der Waals surface area contributed by atoms with Gasteiger partial charge in [-0.2, -0.15) is 11.8 Å². The summed E-state index contributed by atoms with van der Waals surface area (Å²) in [5, 5.41) is 0. The summed E-state index contributed by atoms with van der Waals surface area (Å²) in [7, 11) is 1.69. The van der Waals surface area contributed by atoms with E-state index < -0.39 is 0 Å². The van der Waals surface area contributed by atoms with Gasteiger partial charge in [0.15, 0.2) is 0 Å². The first-order valence-corrected chi connectivity index (χ1v) is 6.19. The van der Waals surface area contributed by atoms with Crippen LogP contribution in [-0.4, -0.2) is 19.5 Å². The van der Waals surface area contributed by atoms with Gasteiger partial charge in [-0.15, -0.1) is 0 Å². The smallest absolute Gasteiger partial charge is 0.137 e. The first-order valence-electron chi connectivity index (χ1n) is 4.24. The Morgan fingerprint density at radius 1 is 1.50 bits per heavy atom. The third-order valence-corrected chi connectivity index (χ3v) is 3.29. The van der Waals surface area contributed by atoms with Crippen LogP contribution in [0.5, 0.6) is 0 Å². The zero-order valence-corrected chi connectivity index (χ0v) is 10.3. The Kier molecular flexibility index (Phi) is 5.52. The molecule has 0 atom stereocenters. The van der Waals surface area contributed by atoms with Gasteiger partial charge in [0.2, 0.25) is 0 Å². The maximum Gasteiger partial charge on any atom is 0.137 e. The number of benzene rings is 1. The monoisotopic (exact) mass is 278 g/mol. The van der Waals surface area contributed by atoms with Crippen molar-refractivity contribution >= 4 is 27.7 Å². The summed E-state index contributed by atoms with van der Waals surface area (Å²) in [6.45, 7) is 0.757. The van der Waals surface area contributed by atoms with E-state index in [2.05, 4.69) is 15.9 Å². The van der Waals surface area contributed by atoms with E-state index >= 15 is 0 Å². The van der Waals surface area contributed by atoms with Gasteiger partial charge in [0.05, 0.1) is 11.1 Å². The van der Waals surface area contributed by atoms with Crippen LogP contribution < -0.4 is 0 Å². The molecular weight excluding hydrogens is 267 g/mol. The minimum absolute atomic E-state index is 0.212. The van der Waals surface area contributed by atoms with E-state index in [-0.39, 0.29) is 5.82 Å². The standard InChI is InChI=1S/C10H12BrFOS/c1-13-4-5-14-7-8-2-3-10(12)9(11)6-8/h2-3,6H,4-5,7H2,1H3. The number of ether oxygens (including phenoxy) is 1. The molecule has 0 aromatic heterocycles. The lowest BCUT2D eigenvalue weighted by atomic mass is 10.2. The van der Waals surface area contributed by atoms with Crippen molar-refractivity contribution in [2.75, 3.05) is 19.5 Å². The van der Waals surface area contributed by atoms with Gasteiger partial charge in [-0.05, 0) is 33.6 Å². The average molecular weight is 279 g/mol. The van der Waals surface area contributed by atoms with E-state index in [1.807, 2.05) is 6.07 Å². The molecule has 0 aliphatic rings. The predicted molar refractivity (Wildman–Crippen MR) is 62.1 cm³/mol. The molecule has 0 aliphatic heterocycles. The lowest BCUT2D eigenvalue weighted by Crippen LogP contribution is -1.92. The van der Waals surface area contributed by atoms with Crippen LogP contribution >= 0.6 is 27.7 Å². The van der Waals surface area contributed by atoms with Crippen LogP contribution in [0.15, 0.2) is 22.7 Å². The highest BCUT2D eigenvalue weighted by Crippen LogP contribution is 2.20. The SMILES string of the molecule is COCCSCc1ccc(F)c(Br)c1. The second-order valence-corrected chi connectivity index (χ2v) is 4.75. The molecule has 14 heavy (non-hydrogen) atoms. The minimum atomic E-state index is -0.212. The van der Waals surface area contributed by atoms with Crippen molar-refractivity contribution in [3.8, 4) is 0 Å². The Labute approximate surface area is 96.2 Å². The van der Waals surface area contributed by atoms with Crippen LogP contribution in [0.1, 0.15) is 5.56 Å². The molecule has 0 amide bonds. The average Bonchev–Trinajstić information content (AvgIpc) is 2.18. The van der Waals surface area contributed by atoms with Crippen LogP contribution in [0.3, 0.4) is 0 Å². The molecular formula is C10H12BrFOS. The highest BCUT2D eigenvalue weighted by atomic mass is 79.9. The quantitative estimate of drug-likeness (QED) is 0.763. The number of rotatable bonds is 5. The Morgan fingerprint density at radius 2 is 2.29 bits per heavy atom. The molecule has 0 N–H and O–H groups in total. The molecule has 1 aromatic carbocycles. The molecule has 1 aromatic rings. The van der Waals surface area contributed by atoms with Crippen LogP contribution in [0, 0.1) is 5.82 Å². The third-order valence-electron chi connectivity index (χ3n) is 1.68. The third kappa shape index (κ3) is 3.98. The molecule has 0 radical (unpaired) electrons. The molecule has 0 heterocycles. The summed E-state index contributed by atoms with van der Waals surface area (Å²) in [6.07, 6.45) is 0. The zero-order chi connectivity index (χ0) is 10.4. The van der Waals surface area contributed by atoms with Gasteiger partial charge in [0, 0.05) is 18.6 Å². The van der Waals surface area contributed by atoms with Gasteiger partial charge in [-0.3, -0.25) is 0 Å². The van der Waals surface area contributed by atoms with Gasteiger partial charge >= 0.3 is 0 Å². The Bertz CT molecular complexity index is 293. The largest absolute Gasteiger partial charge is 0.384 e. The van der Waals surface area contributed by atoms with Crippen molar-refractivity contribution in [2.45, 2.75) is 5.75 Å². The molecule has 78 valence electrons. The molecule has 0 bridgehead atoms. The summed E-state index contributed by atoms with van der Waals surface area (Å²) in [4.78, 5) is 0. The highest BCUT2D eigenvalue weighted by Gasteiger charge is 2.00. The minimum Gasteiger partial charge on any atom is -0.384 e. The number of methoxy groups -OCH3 is 1. The lowest BCUT2D eigenvalue weighted by molar-refractivity contribution is 0.218.